The van der Waals surface area contributed by atoms with Crippen LogP contribution in [-0.2, 0) is 41.7 Å². The molecule has 27 nitrogen and oxygen atoms in total. The third kappa shape index (κ3) is 18.5. The molecule has 6 aromatic heterocycles. The molecule has 8 aromatic rings. The Balaban J connectivity index is 0.000000229. The van der Waals surface area contributed by atoms with Gasteiger partial charge >= 0.3 is 24.0 Å². The van der Waals surface area contributed by atoms with E-state index in [0.29, 0.717) is 78.3 Å². The number of carboxylic acids is 1. The number of nitrogens with zero attached hydrogens (tertiary/aromatic N) is 14. The van der Waals surface area contributed by atoms with Gasteiger partial charge in [0, 0.05) is 24.3 Å². The van der Waals surface area contributed by atoms with Gasteiger partial charge in [-0.25, -0.2) is 14.8 Å². The number of alkyl carbamates (subject to hydrolysis) is 1. The second-order valence-corrected chi connectivity index (χ2v) is 19.7. The molecule has 0 spiro atoms. The van der Waals surface area contributed by atoms with Gasteiger partial charge in [0.05, 0.1) is 83.4 Å². The number of ether oxygens (including phenoxy) is 5. The Kier molecular flexibility index (Phi) is 19.7. The summed E-state index contributed by atoms with van der Waals surface area (Å²) in [4.78, 5) is 63.4. The zero-order valence-corrected chi connectivity index (χ0v) is 45.2. The summed E-state index contributed by atoms with van der Waals surface area (Å²) in [5.41, 5.74) is 3.89. The Morgan fingerprint density at radius 3 is 1.56 bits per heavy atom. The third-order valence-electron chi connectivity index (χ3n) is 10.9. The molecule has 1 amide bonds. The molecule has 4 N–H and O–H groups in total. The first-order chi connectivity index (χ1) is 37.9. The van der Waals surface area contributed by atoms with Crippen molar-refractivity contribution in [3.05, 3.63) is 85.7 Å². The zero-order chi connectivity index (χ0) is 56.4. The lowest BCUT2D eigenvalue weighted by molar-refractivity contribution is -0.155. The topological polar surface area (TPSA) is 319 Å². The molecule has 418 valence electrons. The number of carbonyl (C=O) groups is 4. The Morgan fingerprint density at radius 1 is 0.582 bits per heavy atom. The predicted octanol–water partition coefficient (Wildman–Crippen LogP) is 7.30. The van der Waals surface area contributed by atoms with Crippen molar-refractivity contribution >= 4 is 69.6 Å². The van der Waals surface area contributed by atoms with Crippen molar-refractivity contribution in [2.24, 2.45) is 0 Å². The van der Waals surface area contributed by atoms with Crippen LogP contribution in [-0.4, -0.2) is 137 Å². The Labute approximate surface area is 454 Å². The summed E-state index contributed by atoms with van der Waals surface area (Å²) < 4.78 is 33.0. The number of methoxy groups -OCH3 is 1. The molecule has 0 fully saturated rings. The first-order valence-corrected chi connectivity index (χ1v) is 25.6. The third-order valence-corrected chi connectivity index (χ3v) is 10.9. The van der Waals surface area contributed by atoms with E-state index in [1.807, 2.05) is 90.1 Å². The van der Waals surface area contributed by atoms with E-state index >= 15 is 0 Å². The number of carbonyl (C=O) groups excluding carboxylic acids is 3. The fraction of sp³-hybridized carbons (Fsp3) is 0.423. The van der Waals surface area contributed by atoms with Crippen molar-refractivity contribution in [2.75, 3.05) is 37.5 Å². The maximum absolute atomic E-state index is 11.8. The van der Waals surface area contributed by atoms with Crippen LogP contribution in [0.2, 0.25) is 0 Å². The number of benzene rings is 2. The number of aromatic nitrogens is 14. The van der Waals surface area contributed by atoms with E-state index in [2.05, 4.69) is 71.4 Å². The van der Waals surface area contributed by atoms with Crippen molar-refractivity contribution in [1.82, 2.24) is 74.8 Å². The minimum absolute atomic E-state index is 0.0351. The summed E-state index contributed by atoms with van der Waals surface area (Å²) in [5, 5.41) is 42.9. The standard InChI is InChI=1S/C27H34N8O5.C25H31N9O5/c1-27(2,3)40-24(37)8-6-5-7-15-39-21-11-9-19(10-12-21)30-26-28-17-22-25(31-26)35(33-32-22)20-16-29-34(18-20)14-13-23(36)38-4;1-25(2,3)39-24(37)26-11-4-5-13-38-19-8-6-17(7-9-19)29-23-27-15-20-22(30-23)34(32-31-20)18-14-28-33(16-18)12-10-21(35)36/h9-12,16-18H,5-8,13-15H2,1-4H3,(H,28,30,31);6-9,14-16H,4-5,10-13H2,1-3H3,(H,26,37)(H,35,36)(H,27,29,30). The number of nitrogens with one attached hydrogen (secondary N) is 3. The van der Waals surface area contributed by atoms with Crippen molar-refractivity contribution in [2.45, 2.75) is 117 Å². The largest absolute Gasteiger partial charge is 0.494 e. The minimum Gasteiger partial charge on any atom is -0.494 e. The van der Waals surface area contributed by atoms with Gasteiger partial charge in [0.1, 0.15) is 34.1 Å². The second kappa shape index (κ2) is 27.1. The van der Waals surface area contributed by atoms with Crippen molar-refractivity contribution in [1.29, 1.82) is 0 Å². The summed E-state index contributed by atoms with van der Waals surface area (Å²) >= 11 is 0. The van der Waals surface area contributed by atoms with Crippen LogP contribution < -0.4 is 25.4 Å². The lowest BCUT2D eigenvalue weighted by atomic mass is 10.1. The lowest BCUT2D eigenvalue weighted by Gasteiger charge is -2.19. The van der Waals surface area contributed by atoms with Crippen LogP contribution in [0.4, 0.5) is 28.1 Å². The van der Waals surface area contributed by atoms with Gasteiger partial charge in [-0.1, -0.05) is 10.4 Å². The summed E-state index contributed by atoms with van der Waals surface area (Å²) in [6.07, 6.45) is 14.0. The highest BCUT2D eigenvalue weighted by Gasteiger charge is 2.18. The summed E-state index contributed by atoms with van der Waals surface area (Å²) in [6.45, 7) is 13.3. The first kappa shape index (κ1) is 57.4. The van der Waals surface area contributed by atoms with Crippen LogP contribution in [0.5, 0.6) is 11.5 Å². The van der Waals surface area contributed by atoms with Crippen molar-refractivity contribution < 1.29 is 48.0 Å². The molecule has 0 bridgehead atoms. The monoisotopic (exact) mass is 1090 g/mol. The summed E-state index contributed by atoms with van der Waals surface area (Å²) in [7, 11) is 1.35. The van der Waals surface area contributed by atoms with Gasteiger partial charge in [-0.3, -0.25) is 23.7 Å². The van der Waals surface area contributed by atoms with Crippen LogP contribution in [0.25, 0.3) is 33.7 Å². The Hall–Kier alpha value is -9.30. The first-order valence-electron chi connectivity index (χ1n) is 25.6. The van der Waals surface area contributed by atoms with E-state index in [-0.39, 0.29) is 31.3 Å². The molecule has 27 heteroatoms. The van der Waals surface area contributed by atoms with E-state index in [1.54, 1.807) is 46.5 Å². The predicted molar refractivity (Wildman–Crippen MR) is 288 cm³/mol. The summed E-state index contributed by atoms with van der Waals surface area (Å²) in [5.74, 6) is 0.844. The van der Waals surface area contributed by atoms with Gasteiger partial charge in [0.15, 0.2) is 22.3 Å². The zero-order valence-electron chi connectivity index (χ0n) is 45.2. The van der Waals surface area contributed by atoms with E-state index < -0.39 is 23.3 Å². The number of hydrogen-bond acceptors (Lipinski definition) is 21. The number of hydrogen-bond donors (Lipinski definition) is 4. The van der Waals surface area contributed by atoms with Crippen LogP contribution in [0.1, 0.15) is 92.9 Å². The van der Waals surface area contributed by atoms with E-state index in [0.717, 1.165) is 55.0 Å². The number of esters is 2. The van der Waals surface area contributed by atoms with Crippen LogP contribution >= 0.6 is 0 Å². The van der Waals surface area contributed by atoms with Gasteiger partial charge in [0.25, 0.3) is 0 Å². The highest BCUT2D eigenvalue weighted by atomic mass is 16.6. The molecule has 79 heavy (non-hydrogen) atoms. The molecule has 8 rings (SSSR count). The highest BCUT2D eigenvalue weighted by Crippen LogP contribution is 2.23. The quantitative estimate of drug-likeness (QED) is 0.0248. The number of rotatable bonds is 25. The minimum atomic E-state index is -0.897. The maximum Gasteiger partial charge on any atom is 0.407 e. The van der Waals surface area contributed by atoms with E-state index in [1.165, 1.54) is 16.5 Å². The SMILES string of the molecule is CC(C)(C)OC(=O)NCCCCOc1ccc(Nc2ncc3nnn(-c4cnn(CCC(=O)O)c4)c3n2)cc1.COC(=O)CCn1cc(-n2nnc3cnc(Nc4ccc(OCCCCCC(=O)OC(C)(C)C)cc4)nc32)cn1. The number of carboxylic acid groups (broad SMARTS) is 1. The Morgan fingerprint density at radius 2 is 1.08 bits per heavy atom. The molecule has 0 aliphatic heterocycles. The number of fused-ring (bicyclic) bond motifs is 2. The van der Waals surface area contributed by atoms with E-state index in [9.17, 15) is 19.2 Å². The molecule has 6 heterocycles. The van der Waals surface area contributed by atoms with Crippen molar-refractivity contribution in [3.8, 4) is 22.9 Å². The molecule has 0 atom stereocenters. The molecule has 0 saturated heterocycles. The van der Waals surface area contributed by atoms with Gasteiger partial charge < -0.3 is 44.7 Å². The van der Waals surface area contributed by atoms with Gasteiger partial charge in [-0.2, -0.15) is 29.5 Å². The number of aliphatic carboxylic acids is 1. The van der Waals surface area contributed by atoms with Gasteiger partial charge in [-0.15, -0.1) is 10.2 Å². The Bertz CT molecular complexity index is 3270. The smallest absolute Gasteiger partial charge is 0.407 e. The normalized spacial score (nSPS) is 11.4. The van der Waals surface area contributed by atoms with Gasteiger partial charge in [0.2, 0.25) is 11.9 Å². The summed E-state index contributed by atoms with van der Waals surface area (Å²) in [6, 6.07) is 14.9. The molecule has 0 radical (unpaired) electrons. The molecule has 0 unspecified atom stereocenters. The van der Waals surface area contributed by atoms with Crippen molar-refractivity contribution in [3.63, 3.8) is 0 Å². The van der Waals surface area contributed by atoms with Crippen LogP contribution in [0, 0.1) is 0 Å². The molecule has 0 aliphatic carbocycles. The average Bonchev–Trinajstić information content (AvgIpc) is 4.25. The molecular weight excluding hydrogens is 1020 g/mol. The number of unbranched alkanes of at least 4 members (excludes halogenated alkanes) is 3. The molecular formula is C52H65N17O10. The average molecular weight is 1090 g/mol. The maximum atomic E-state index is 11.8. The van der Waals surface area contributed by atoms with Crippen LogP contribution in [0.15, 0.2) is 85.7 Å². The second-order valence-electron chi connectivity index (χ2n) is 19.7. The number of anilines is 4. The van der Waals surface area contributed by atoms with Crippen LogP contribution in [0.3, 0.4) is 0 Å². The van der Waals surface area contributed by atoms with Gasteiger partial charge in [-0.05, 0) is 122 Å². The number of aryl methyl sites for hydroxylation is 2. The van der Waals surface area contributed by atoms with E-state index in [4.69, 9.17) is 24.1 Å². The number of amides is 1. The molecule has 0 saturated carbocycles. The molecule has 0 aliphatic rings. The molecule has 2 aromatic carbocycles. The fourth-order valence-electron chi connectivity index (χ4n) is 7.19. The highest BCUT2D eigenvalue weighted by molar-refractivity contribution is 5.74. The lowest BCUT2D eigenvalue weighted by Crippen LogP contribution is -2.33. The fourth-order valence-corrected chi connectivity index (χ4v) is 7.19.